The van der Waals surface area contributed by atoms with E-state index in [4.69, 9.17) is 10.1 Å². The number of aromatic nitrogens is 3. The van der Waals surface area contributed by atoms with Gasteiger partial charge in [0.2, 0.25) is 5.91 Å². The van der Waals surface area contributed by atoms with Crippen LogP contribution < -0.4 is 5.32 Å². The number of nitrogens with zero attached hydrogens (tertiary/aromatic N) is 4. The minimum atomic E-state index is 0.197. The zero-order chi connectivity index (χ0) is 18.3. The number of nitrogens with one attached hydrogen (secondary N) is 1. The number of likely N-dealkylation sites (N-methyl/N-ethyl adjacent to an activating group) is 1. The fourth-order valence-corrected chi connectivity index (χ4v) is 3.92. The summed E-state index contributed by atoms with van der Waals surface area (Å²) in [6.45, 7) is 5.98. The second kappa shape index (κ2) is 6.68. The SMILES string of the molecule is Cc1nc2c3ccccc3nn2c(C)c1CCC(=O)N(C)C1CCNC1. The molecule has 0 spiro atoms. The summed E-state index contributed by atoms with van der Waals surface area (Å²) in [6.07, 6.45) is 2.23. The number of hydrogen-bond donors (Lipinski definition) is 1. The second-order valence-corrected chi connectivity index (χ2v) is 7.17. The molecule has 0 bridgehead atoms. The Hall–Kier alpha value is -2.47. The van der Waals surface area contributed by atoms with Crippen molar-refractivity contribution in [1.29, 1.82) is 0 Å². The predicted molar refractivity (Wildman–Crippen MR) is 102 cm³/mol. The molecule has 1 atom stereocenters. The van der Waals surface area contributed by atoms with Gasteiger partial charge in [-0.15, -0.1) is 0 Å². The van der Waals surface area contributed by atoms with Crippen LogP contribution in [0.4, 0.5) is 0 Å². The highest BCUT2D eigenvalue weighted by atomic mass is 16.2. The van der Waals surface area contributed by atoms with Gasteiger partial charge in [0.25, 0.3) is 0 Å². The van der Waals surface area contributed by atoms with Gasteiger partial charge in [-0.05, 0) is 50.9 Å². The number of fused-ring (bicyclic) bond motifs is 3. The Labute approximate surface area is 153 Å². The summed E-state index contributed by atoms with van der Waals surface area (Å²) in [6, 6.07) is 8.38. The summed E-state index contributed by atoms with van der Waals surface area (Å²) in [5.74, 6) is 0.197. The molecule has 0 radical (unpaired) electrons. The molecule has 3 aromatic rings. The van der Waals surface area contributed by atoms with Gasteiger partial charge in [0.05, 0.1) is 5.52 Å². The number of carbonyl (C=O) groups is 1. The molecule has 1 aromatic carbocycles. The normalized spacial score (nSPS) is 17.3. The molecule has 6 nitrogen and oxygen atoms in total. The third kappa shape index (κ3) is 2.84. The van der Waals surface area contributed by atoms with Gasteiger partial charge >= 0.3 is 0 Å². The van der Waals surface area contributed by atoms with Gasteiger partial charge in [0.15, 0.2) is 5.65 Å². The van der Waals surface area contributed by atoms with Crippen molar-refractivity contribution in [3.63, 3.8) is 0 Å². The summed E-state index contributed by atoms with van der Waals surface area (Å²) in [7, 11) is 1.92. The monoisotopic (exact) mass is 351 g/mol. The Morgan fingerprint density at radius 2 is 2.15 bits per heavy atom. The van der Waals surface area contributed by atoms with Crippen LogP contribution in [0.2, 0.25) is 0 Å². The van der Waals surface area contributed by atoms with E-state index in [0.717, 1.165) is 53.0 Å². The molecule has 1 amide bonds. The van der Waals surface area contributed by atoms with Crippen LogP contribution in [0.25, 0.3) is 16.6 Å². The van der Waals surface area contributed by atoms with E-state index in [1.807, 2.05) is 41.6 Å². The van der Waals surface area contributed by atoms with Gasteiger partial charge < -0.3 is 10.2 Å². The molecular formula is C20H25N5O. The van der Waals surface area contributed by atoms with Crippen molar-refractivity contribution in [2.45, 2.75) is 39.2 Å². The fourth-order valence-electron chi connectivity index (χ4n) is 3.92. The van der Waals surface area contributed by atoms with Gasteiger partial charge in [-0.1, -0.05) is 12.1 Å². The Balaban J connectivity index is 1.60. The molecule has 0 saturated carbocycles. The van der Waals surface area contributed by atoms with Gasteiger partial charge in [-0.25, -0.2) is 9.50 Å². The molecule has 2 aromatic heterocycles. The van der Waals surface area contributed by atoms with Gasteiger partial charge in [0.1, 0.15) is 0 Å². The summed E-state index contributed by atoms with van der Waals surface area (Å²) >= 11 is 0. The Kier molecular flexibility index (Phi) is 4.36. The summed E-state index contributed by atoms with van der Waals surface area (Å²) in [5.41, 5.74) is 5.01. The van der Waals surface area contributed by atoms with Crippen molar-refractivity contribution < 1.29 is 4.79 Å². The Morgan fingerprint density at radius 3 is 2.92 bits per heavy atom. The maximum Gasteiger partial charge on any atom is 0.222 e. The van der Waals surface area contributed by atoms with Crippen molar-refractivity contribution >= 4 is 22.5 Å². The fraction of sp³-hybridized carbons (Fsp3) is 0.450. The molecule has 136 valence electrons. The van der Waals surface area contributed by atoms with Crippen LogP contribution in [0.5, 0.6) is 0 Å². The van der Waals surface area contributed by atoms with Crippen LogP contribution in [0, 0.1) is 13.8 Å². The van der Waals surface area contributed by atoms with Crippen LogP contribution in [-0.2, 0) is 11.2 Å². The average Bonchev–Trinajstić information content (AvgIpc) is 3.29. The van der Waals surface area contributed by atoms with Crippen LogP contribution in [0.15, 0.2) is 24.3 Å². The number of benzene rings is 1. The van der Waals surface area contributed by atoms with Crippen LogP contribution in [0.3, 0.4) is 0 Å². The highest BCUT2D eigenvalue weighted by Gasteiger charge is 2.23. The van der Waals surface area contributed by atoms with E-state index in [-0.39, 0.29) is 5.91 Å². The van der Waals surface area contributed by atoms with Crippen molar-refractivity contribution in [2.75, 3.05) is 20.1 Å². The lowest BCUT2D eigenvalue weighted by molar-refractivity contribution is -0.131. The minimum Gasteiger partial charge on any atom is -0.341 e. The molecule has 1 aliphatic heterocycles. The van der Waals surface area contributed by atoms with Crippen molar-refractivity contribution in [2.24, 2.45) is 0 Å². The van der Waals surface area contributed by atoms with Crippen molar-refractivity contribution in [3.8, 4) is 0 Å². The second-order valence-electron chi connectivity index (χ2n) is 7.17. The first kappa shape index (κ1) is 17.0. The third-order valence-electron chi connectivity index (χ3n) is 5.58. The molecular weight excluding hydrogens is 326 g/mol. The molecule has 1 unspecified atom stereocenters. The summed E-state index contributed by atoms with van der Waals surface area (Å²) in [4.78, 5) is 19.3. The molecule has 4 rings (SSSR count). The van der Waals surface area contributed by atoms with Crippen molar-refractivity contribution in [3.05, 3.63) is 41.2 Å². The van der Waals surface area contributed by atoms with E-state index in [0.29, 0.717) is 18.9 Å². The standard InChI is InChI=1S/C20H25N5O/c1-13-16(8-9-19(26)24(3)15-10-11-21-12-15)14(2)25-20(22-13)17-6-4-5-7-18(17)23-25/h4-7,15,21H,8-12H2,1-3H3. The molecule has 1 aliphatic rings. The topological polar surface area (TPSA) is 62.5 Å². The van der Waals surface area contributed by atoms with Crippen LogP contribution in [-0.4, -0.2) is 51.6 Å². The van der Waals surface area contributed by atoms with E-state index in [1.54, 1.807) is 0 Å². The van der Waals surface area contributed by atoms with E-state index in [1.165, 1.54) is 0 Å². The summed E-state index contributed by atoms with van der Waals surface area (Å²) < 4.78 is 1.92. The average molecular weight is 351 g/mol. The smallest absolute Gasteiger partial charge is 0.222 e. The lowest BCUT2D eigenvalue weighted by Gasteiger charge is -2.24. The van der Waals surface area contributed by atoms with Crippen LogP contribution >= 0.6 is 0 Å². The highest BCUT2D eigenvalue weighted by molar-refractivity contribution is 5.92. The lowest BCUT2D eigenvalue weighted by Crippen LogP contribution is -2.38. The van der Waals surface area contributed by atoms with Crippen LogP contribution in [0.1, 0.15) is 29.8 Å². The number of rotatable bonds is 4. The van der Waals surface area contributed by atoms with Gasteiger partial charge in [0, 0.05) is 42.8 Å². The number of aryl methyl sites for hydroxylation is 2. The quantitative estimate of drug-likeness (QED) is 0.783. The Morgan fingerprint density at radius 1 is 1.35 bits per heavy atom. The number of hydrogen-bond acceptors (Lipinski definition) is 4. The first-order chi connectivity index (χ1) is 12.6. The van der Waals surface area contributed by atoms with Gasteiger partial charge in [-0.3, -0.25) is 4.79 Å². The Bertz CT molecular complexity index is 971. The predicted octanol–water partition coefficient (Wildman–Crippen LogP) is 2.25. The number of carbonyl (C=O) groups excluding carboxylic acids is 1. The molecule has 26 heavy (non-hydrogen) atoms. The maximum absolute atomic E-state index is 12.6. The molecule has 1 N–H and O–H groups in total. The zero-order valence-electron chi connectivity index (χ0n) is 15.6. The zero-order valence-corrected chi connectivity index (χ0v) is 15.6. The largest absolute Gasteiger partial charge is 0.341 e. The van der Waals surface area contributed by atoms with Crippen molar-refractivity contribution in [1.82, 2.24) is 24.8 Å². The third-order valence-corrected chi connectivity index (χ3v) is 5.58. The van der Waals surface area contributed by atoms with E-state index >= 15 is 0 Å². The lowest BCUT2D eigenvalue weighted by atomic mass is 10.1. The summed E-state index contributed by atoms with van der Waals surface area (Å²) in [5, 5.41) is 9.07. The molecule has 0 aliphatic carbocycles. The van der Waals surface area contributed by atoms with E-state index in [9.17, 15) is 4.79 Å². The van der Waals surface area contributed by atoms with E-state index in [2.05, 4.69) is 18.3 Å². The van der Waals surface area contributed by atoms with Gasteiger partial charge in [-0.2, -0.15) is 5.10 Å². The highest BCUT2D eigenvalue weighted by Crippen LogP contribution is 2.23. The molecule has 3 heterocycles. The number of amides is 1. The minimum absolute atomic E-state index is 0.197. The maximum atomic E-state index is 12.6. The molecule has 6 heteroatoms. The van der Waals surface area contributed by atoms with E-state index < -0.39 is 0 Å². The first-order valence-corrected chi connectivity index (χ1v) is 9.26. The molecule has 1 saturated heterocycles. The molecule has 1 fully saturated rings. The first-order valence-electron chi connectivity index (χ1n) is 9.26.